The minimum Gasteiger partial charge on any atom is -0.371 e. The third kappa shape index (κ3) is 4.51. The van der Waals surface area contributed by atoms with Crippen molar-refractivity contribution in [2.45, 2.75) is 33.0 Å². The molecule has 102 valence electrons. The molecule has 0 aliphatic carbocycles. The van der Waals surface area contributed by atoms with Crippen LogP contribution in [0.3, 0.4) is 0 Å². The normalized spacial score (nSPS) is 27.6. The number of rotatable bonds is 5. The molecule has 1 heterocycles. The second-order valence-corrected chi connectivity index (χ2v) is 6.62. The van der Waals surface area contributed by atoms with Gasteiger partial charge in [0.15, 0.2) is 0 Å². The summed E-state index contributed by atoms with van der Waals surface area (Å²) in [7, 11) is -3.41. The Labute approximate surface area is 104 Å². The van der Waals surface area contributed by atoms with Gasteiger partial charge in [0.1, 0.15) is 0 Å². The molecule has 17 heavy (non-hydrogen) atoms. The van der Waals surface area contributed by atoms with Crippen LogP contribution in [0.25, 0.3) is 0 Å². The van der Waals surface area contributed by atoms with Crippen LogP contribution in [0.15, 0.2) is 0 Å². The second kappa shape index (κ2) is 6.10. The van der Waals surface area contributed by atoms with Crippen LogP contribution in [0.1, 0.15) is 20.8 Å². The van der Waals surface area contributed by atoms with E-state index in [4.69, 9.17) is 10.5 Å². The number of nitrogens with one attached hydrogen (secondary N) is 1. The molecule has 1 fully saturated rings. The number of nitrogens with zero attached hydrogens (tertiary/aromatic N) is 1. The molecule has 0 saturated carbocycles. The standard InChI is InChI=1S/C10H23N3O3S/c1-8(2)5-12-17(14,15)13-6-9(3)16-10(4-11)7-13/h8-10,12H,4-7,11H2,1-3H3. The van der Waals surface area contributed by atoms with Crippen molar-refractivity contribution in [1.29, 1.82) is 0 Å². The first-order chi connectivity index (χ1) is 7.85. The molecule has 7 heteroatoms. The van der Waals surface area contributed by atoms with E-state index in [9.17, 15) is 8.42 Å². The molecule has 0 aromatic carbocycles. The smallest absolute Gasteiger partial charge is 0.279 e. The van der Waals surface area contributed by atoms with Crippen LogP contribution < -0.4 is 10.5 Å². The predicted molar refractivity (Wildman–Crippen MR) is 66.7 cm³/mol. The Balaban J connectivity index is 2.63. The van der Waals surface area contributed by atoms with Crippen molar-refractivity contribution >= 4 is 10.2 Å². The van der Waals surface area contributed by atoms with Gasteiger partial charge in [0.05, 0.1) is 12.2 Å². The first-order valence-corrected chi connectivity index (χ1v) is 7.39. The molecule has 2 unspecified atom stereocenters. The van der Waals surface area contributed by atoms with E-state index in [1.807, 2.05) is 20.8 Å². The lowest BCUT2D eigenvalue weighted by atomic mass is 10.2. The van der Waals surface area contributed by atoms with E-state index in [0.717, 1.165) is 0 Å². The maximum absolute atomic E-state index is 12.0. The molecular formula is C10H23N3O3S. The van der Waals surface area contributed by atoms with Crippen molar-refractivity contribution in [3.05, 3.63) is 0 Å². The van der Waals surface area contributed by atoms with Gasteiger partial charge in [-0.25, -0.2) is 4.72 Å². The van der Waals surface area contributed by atoms with Gasteiger partial charge in [-0.15, -0.1) is 0 Å². The lowest BCUT2D eigenvalue weighted by Crippen LogP contribution is -2.54. The first-order valence-electron chi connectivity index (χ1n) is 5.95. The molecule has 1 rings (SSSR count). The van der Waals surface area contributed by atoms with Crippen LogP contribution in [0.5, 0.6) is 0 Å². The Bertz CT molecular complexity index is 332. The number of nitrogens with two attached hydrogens (primary N) is 1. The highest BCUT2D eigenvalue weighted by Gasteiger charge is 2.31. The summed E-state index contributed by atoms with van der Waals surface area (Å²) in [5.41, 5.74) is 5.53. The molecule has 0 bridgehead atoms. The van der Waals surface area contributed by atoms with E-state index in [1.165, 1.54) is 4.31 Å². The zero-order valence-electron chi connectivity index (χ0n) is 10.7. The summed E-state index contributed by atoms with van der Waals surface area (Å²) >= 11 is 0. The van der Waals surface area contributed by atoms with Crippen LogP contribution in [0, 0.1) is 5.92 Å². The Morgan fingerprint density at radius 1 is 1.47 bits per heavy atom. The van der Waals surface area contributed by atoms with Gasteiger partial charge in [-0.05, 0) is 12.8 Å². The molecule has 0 aromatic heterocycles. The quantitative estimate of drug-likeness (QED) is 0.703. The molecule has 0 spiro atoms. The second-order valence-electron chi connectivity index (χ2n) is 4.87. The van der Waals surface area contributed by atoms with Crippen molar-refractivity contribution in [1.82, 2.24) is 9.03 Å². The third-order valence-corrected chi connectivity index (χ3v) is 4.08. The summed E-state index contributed by atoms with van der Waals surface area (Å²) in [6.07, 6.45) is -0.331. The van der Waals surface area contributed by atoms with Gasteiger partial charge in [0.2, 0.25) is 0 Å². The Kier molecular flexibility index (Phi) is 5.33. The number of ether oxygens (including phenoxy) is 1. The highest BCUT2D eigenvalue weighted by molar-refractivity contribution is 7.87. The largest absolute Gasteiger partial charge is 0.371 e. The van der Waals surface area contributed by atoms with Gasteiger partial charge >= 0.3 is 0 Å². The lowest BCUT2D eigenvalue weighted by molar-refractivity contribution is -0.0489. The van der Waals surface area contributed by atoms with E-state index in [2.05, 4.69) is 4.72 Å². The minimum absolute atomic E-state index is 0.118. The zero-order chi connectivity index (χ0) is 13.1. The molecule has 1 aliphatic heterocycles. The summed E-state index contributed by atoms with van der Waals surface area (Å²) in [4.78, 5) is 0. The fourth-order valence-electron chi connectivity index (χ4n) is 1.69. The molecule has 1 saturated heterocycles. The van der Waals surface area contributed by atoms with Crippen LogP contribution in [-0.4, -0.2) is 51.1 Å². The fraction of sp³-hybridized carbons (Fsp3) is 1.00. The summed E-state index contributed by atoms with van der Waals surface area (Å²) < 4.78 is 33.6. The molecule has 0 radical (unpaired) electrons. The highest BCUT2D eigenvalue weighted by atomic mass is 32.2. The van der Waals surface area contributed by atoms with E-state index >= 15 is 0 Å². The summed E-state index contributed by atoms with van der Waals surface area (Å²) in [6, 6.07) is 0. The van der Waals surface area contributed by atoms with E-state index < -0.39 is 10.2 Å². The van der Waals surface area contributed by atoms with E-state index in [-0.39, 0.29) is 18.1 Å². The van der Waals surface area contributed by atoms with Crippen LogP contribution in [0.2, 0.25) is 0 Å². The maximum Gasteiger partial charge on any atom is 0.279 e. The van der Waals surface area contributed by atoms with Crippen molar-refractivity contribution in [2.75, 3.05) is 26.2 Å². The monoisotopic (exact) mass is 265 g/mol. The molecule has 1 aliphatic rings. The Morgan fingerprint density at radius 3 is 2.65 bits per heavy atom. The maximum atomic E-state index is 12.0. The molecule has 3 N–H and O–H groups in total. The number of hydrogen-bond acceptors (Lipinski definition) is 4. The summed E-state index contributed by atoms with van der Waals surface area (Å²) in [6.45, 7) is 7.27. The summed E-state index contributed by atoms with van der Waals surface area (Å²) in [5, 5.41) is 0. The van der Waals surface area contributed by atoms with Gasteiger partial charge in [-0.2, -0.15) is 12.7 Å². The Morgan fingerprint density at radius 2 is 2.12 bits per heavy atom. The molecular weight excluding hydrogens is 242 g/mol. The van der Waals surface area contributed by atoms with Gasteiger partial charge < -0.3 is 10.5 Å². The molecule has 2 atom stereocenters. The van der Waals surface area contributed by atoms with Crippen molar-refractivity contribution in [3.8, 4) is 0 Å². The van der Waals surface area contributed by atoms with Crippen LogP contribution >= 0.6 is 0 Å². The fourth-order valence-corrected chi connectivity index (χ4v) is 3.19. The number of hydrogen-bond donors (Lipinski definition) is 2. The van der Waals surface area contributed by atoms with Crippen molar-refractivity contribution < 1.29 is 13.2 Å². The minimum atomic E-state index is -3.41. The highest BCUT2D eigenvalue weighted by Crippen LogP contribution is 2.13. The average molecular weight is 265 g/mol. The van der Waals surface area contributed by atoms with Crippen LogP contribution in [-0.2, 0) is 14.9 Å². The van der Waals surface area contributed by atoms with Gasteiger partial charge in [-0.1, -0.05) is 13.8 Å². The van der Waals surface area contributed by atoms with Gasteiger partial charge in [0, 0.05) is 26.2 Å². The van der Waals surface area contributed by atoms with Crippen LogP contribution in [0.4, 0.5) is 0 Å². The summed E-state index contributed by atoms with van der Waals surface area (Å²) in [5.74, 6) is 0.286. The van der Waals surface area contributed by atoms with E-state index in [0.29, 0.717) is 26.2 Å². The zero-order valence-corrected chi connectivity index (χ0v) is 11.5. The van der Waals surface area contributed by atoms with E-state index in [1.54, 1.807) is 0 Å². The molecule has 0 amide bonds. The third-order valence-electron chi connectivity index (χ3n) is 2.57. The van der Waals surface area contributed by atoms with Gasteiger partial charge in [-0.3, -0.25) is 0 Å². The lowest BCUT2D eigenvalue weighted by Gasteiger charge is -2.35. The number of morpholine rings is 1. The molecule has 0 aromatic rings. The Hall–Kier alpha value is -0.210. The van der Waals surface area contributed by atoms with Crippen molar-refractivity contribution in [2.24, 2.45) is 11.7 Å². The SMILES string of the molecule is CC(C)CNS(=O)(=O)N1CC(C)OC(CN)C1. The topological polar surface area (TPSA) is 84.7 Å². The average Bonchev–Trinajstić information content (AvgIpc) is 2.25. The first kappa shape index (κ1) is 14.8. The molecule has 6 nitrogen and oxygen atoms in total. The van der Waals surface area contributed by atoms with Crippen molar-refractivity contribution in [3.63, 3.8) is 0 Å². The predicted octanol–water partition coefficient (Wildman–Crippen LogP) is -0.475. The van der Waals surface area contributed by atoms with Gasteiger partial charge in [0.25, 0.3) is 10.2 Å².